The Morgan fingerprint density at radius 1 is 0.943 bits per heavy atom. The highest BCUT2D eigenvalue weighted by molar-refractivity contribution is 5.81. The highest BCUT2D eigenvalue weighted by Crippen LogP contribution is 2.44. The number of fused-ring (bicyclic) bond motifs is 3. The van der Waals surface area contributed by atoms with Gasteiger partial charge in [0.25, 0.3) is 0 Å². The Kier molecular flexibility index (Phi) is 8.04. The van der Waals surface area contributed by atoms with Gasteiger partial charge in [-0.2, -0.15) is 0 Å². The number of likely N-dealkylation sites (N-methyl/N-ethyl adjacent to an activating group) is 1. The van der Waals surface area contributed by atoms with Crippen molar-refractivity contribution >= 4 is 18.2 Å². The van der Waals surface area contributed by atoms with Gasteiger partial charge in [0.2, 0.25) is 0 Å². The Morgan fingerprint density at radius 2 is 1.49 bits per heavy atom. The second kappa shape index (κ2) is 10.8. The summed E-state index contributed by atoms with van der Waals surface area (Å²) in [5.74, 6) is -1.23. The minimum atomic E-state index is -1.12. The molecule has 1 atom stereocenters. The van der Waals surface area contributed by atoms with E-state index in [1.165, 1.54) is 11.9 Å². The molecule has 1 N–H and O–H groups in total. The Labute approximate surface area is 206 Å². The van der Waals surface area contributed by atoms with Crippen LogP contribution in [0.25, 0.3) is 11.1 Å². The van der Waals surface area contributed by atoms with Crippen LogP contribution >= 0.6 is 0 Å². The summed E-state index contributed by atoms with van der Waals surface area (Å²) in [7, 11) is 3.02. The van der Waals surface area contributed by atoms with Gasteiger partial charge in [0.1, 0.15) is 18.2 Å². The van der Waals surface area contributed by atoms with Gasteiger partial charge in [0, 0.05) is 26.6 Å². The van der Waals surface area contributed by atoms with E-state index >= 15 is 0 Å². The first-order valence-electron chi connectivity index (χ1n) is 11.7. The lowest BCUT2D eigenvalue weighted by atomic mass is 9.98. The minimum absolute atomic E-state index is 0.106. The second-order valence-electron chi connectivity index (χ2n) is 9.81. The van der Waals surface area contributed by atoms with Gasteiger partial charge in [-0.05, 0) is 55.9 Å². The zero-order chi connectivity index (χ0) is 25.8. The Hall–Kier alpha value is -3.55. The lowest BCUT2D eigenvalue weighted by Gasteiger charge is -2.27. The number of amides is 2. The van der Waals surface area contributed by atoms with Crippen molar-refractivity contribution in [2.24, 2.45) is 0 Å². The molecular weight excluding hydrogens is 448 g/mol. The van der Waals surface area contributed by atoms with Gasteiger partial charge in [-0.1, -0.05) is 48.5 Å². The number of aliphatic carboxylic acids is 1. The predicted octanol–water partition coefficient (Wildman–Crippen LogP) is 4.97. The van der Waals surface area contributed by atoms with Gasteiger partial charge in [-0.15, -0.1) is 0 Å². The first-order valence-corrected chi connectivity index (χ1v) is 11.7. The van der Waals surface area contributed by atoms with Crippen LogP contribution in [0.4, 0.5) is 9.59 Å². The number of carbonyl (C=O) groups is 3. The molecule has 2 aromatic carbocycles. The maximum atomic E-state index is 12.8. The number of carboxylic acids is 1. The summed E-state index contributed by atoms with van der Waals surface area (Å²) in [4.78, 5) is 39.3. The van der Waals surface area contributed by atoms with Crippen LogP contribution in [0.2, 0.25) is 0 Å². The maximum Gasteiger partial charge on any atom is 0.410 e. The second-order valence-corrected chi connectivity index (χ2v) is 9.81. The van der Waals surface area contributed by atoms with Crippen molar-refractivity contribution in [1.82, 2.24) is 9.80 Å². The molecular formula is C27H34N2O6. The molecule has 1 unspecified atom stereocenters. The van der Waals surface area contributed by atoms with Crippen LogP contribution in [0.3, 0.4) is 0 Å². The molecule has 0 bridgehead atoms. The van der Waals surface area contributed by atoms with E-state index in [0.29, 0.717) is 13.0 Å². The number of rotatable bonds is 8. The predicted molar refractivity (Wildman–Crippen MR) is 132 cm³/mol. The van der Waals surface area contributed by atoms with Crippen molar-refractivity contribution in [2.75, 3.05) is 27.2 Å². The monoisotopic (exact) mass is 482 g/mol. The molecule has 188 valence electrons. The Balaban J connectivity index is 1.58. The van der Waals surface area contributed by atoms with Crippen molar-refractivity contribution in [1.29, 1.82) is 0 Å². The third-order valence-electron chi connectivity index (χ3n) is 6.05. The molecule has 0 saturated carbocycles. The zero-order valence-corrected chi connectivity index (χ0v) is 21.0. The standard InChI is InChI=1S/C27H34N2O6/c1-27(2,3)35-25(32)28(4)16-10-15-23(24(30)31)29(5)26(33)34-17-22-20-13-8-6-11-18(20)19-12-7-9-14-21(19)22/h6-9,11-14,22-23H,10,15-17H2,1-5H3,(H,30,31). The smallest absolute Gasteiger partial charge is 0.410 e. The van der Waals surface area contributed by atoms with Gasteiger partial charge in [-0.3, -0.25) is 4.90 Å². The summed E-state index contributed by atoms with van der Waals surface area (Å²) in [6.45, 7) is 5.76. The molecule has 0 saturated heterocycles. The highest BCUT2D eigenvalue weighted by Gasteiger charge is 2.32. The third-order valence-corrected chi connectivity index (χ3v) is 6.05. The van der Waals surface area contributed by atoms with Gasteiger partial charge < -0.3 is 19.5 Å². The number of carbonyl (C=O) groups excluding carboxylic acids is 2. The summed E-state index contributed by atoms with van der Waals surface area (Å²) in [5.41, 5.74) is 3.80. The molecule has 0 spiro atoms. The average molecular weight is 483 g/mol. The molecule has 2 aromatic rings. The van der Waals surface area contributed by atoms with Crippen LogP contribution in [0.5, 0.6) is 0 Å². The van der Waals surface area contributed by atoms with Crippen molar-refractivity contribution in [3.05, 3.63) is 59.7 Å². The van der Waals surface area contributed by atoms with E-state index in [0.717, 1.165) is 27.2 Å². The summed E-state index contributed by atoms with van der Waals surface area (Å²) in [6, 6.07) is 15.0. The van der Waals surface area contributed by atoms with E-state index in [9.17, 15) is 19.5 Å². The fraction of sp³-hybridized carbons (Fsp3) is 0.444. The summed E-state index contributed by atoms with van der Waals surface area (Å²) in [6.07, 6.45) is -0.620. The molecule has 1 aliphatic rings. The number of nitrogens with zero attached hydrogens (tertiary/aromatic N) is 2. The van der Waals surface area contributed by atoms with Crippen LogP contribution < -0.4 is 0 Å². The van der Waals surface area contributed by atoms with E-state index < -0.39 is 29.8 Å². The molecule has 0 aromatic heterocycles. The number of hydrogen-bond acceptors (Lipinski definition) is 5. The SMILES string of the molecule is CN(CCCC(C(=O)O)N(C)C(=O)OCC1c2ccccc2-c2ccccc21)C(=O)OC(C)(C)C. The Bertz CT molecular complexity index is 1030. The lowest BCUT2D eigenvalue weighted by Crippen LogP contribution is -2.43. The van der Waals surface area contributed by atoms with Crippen molar-refractivity contribution in [3.8, 4) is 11.1 Å². The minimum Gasteiger partial charge on any atom is -0.480 e. The zero-order valence-electron chi connectivity index (χ0n) is 21.0. The van der Waals surface area contributed by atoms with Crippen molar-refractivity contribution in [2.45, 2.75) is 51.2 Å². The fourth-order valence-corrected chi connectivity index (χ4v) is 4.26. The molecule has 8 nitrogen and oxygen atoms in total. The molecule has 1 aliphatic carbocycles. The van der Waals surface area contributed by atoms with Gasteiger partial charge >= 0.3 is 18.2 Å². The molecule has 0 aliphatic heterocycles. The van der Waals surface area contributed by atoms with E-state index in [4.69, 9.17) is 9.47 Å². The quantitative estimate of drug-likeness (QED) is 0.571. The first-order chi connectivity index (χ1) is 16.5. The molecule has 0 fully saturated rings. The molecule has 0 radical (unpaired) electrons. The van der Waals surface area contributed by atoms with E-state index in [-0.39, 0.29) is 18.9 Å². The summed E-state index contributed by atoms with van der Waals surface area (Å²) >= 11 is 0. The first kappa shape index (κ1) is 26.1. The maximum absolute atomic E-state index is 12.8. The van der Waals surface area contributed by atoms with E-state index in [1.54, 1.807) is 27.8 Å². The lowest BCUT2D eigenvalue weighted by molar-refractivity contribution is -0.142. The van der Waals surface area contributed by atoms with Crippen molar-refractivity contribution in [3.63, 3.8) is 0 Å². The van der Waals surface area contributed by atoms with Crippen LogP contribution in [-0.2, 0) is 14.3 Å². The molecule has 0 heterocycles. The number of benzene rings is 2. The van der Waals surface area contributed by atoms with E-state index in [2.05, 4.69) is 12.1 Å². The van der Waals surface area contributed by atoms with Gasteiger partial charge in [-0.25, -0.2) is 14.4 Å². The van der Waals surface area contributed by atoms with E-state index in [1.807, 2.05) is 36.4 Å². The number of hydrogen-bond donors (Lipinski definition) is 1. The summed E-state index contributed by atoms with van der Waals surface area (Å²) < 4.78 is 10.9. The van der Waals surface area contributed by atoms with Crippen LogP contribution in [-0.4, -0.2) is 72.0 Å². The summed E-state index contributed by atoms with van der Waals surface area (Å²) in [5, 5.41) is 9.71. The topological polar surface area (TPSA) is 96.4 Å². The van der Waals surface area contributed by atoms with Crippen LogP contribution in [0.15, 0.2) is 48.5 Å². The molecule has 2 amide bonds. The Morgan fingerprint density at radius 3 is 2.00 bits per heavy atom. The molecule has 8 heteroatoms. The van der Waals surface area contributed by atoms with Gasteiger partial charge in [0.05, 0.1) is 0 Å². The highest BCUT2D eigenvalue weighted by atomic mass is 16.6. The number of carboxylic acid groups (broad SMARTS) is 1. The fourth-order valence-electron chi connectivity index (χ4n) is 4.26. The van der Waals surface area contributed by atoms with Crippen LogP contribution in [0.1, 0.15) is 50.7 Å². The van der Waals surface area contributed by atoms with Gasteiger partial charge in [0.15, 0.2) is 0 Å². The molecule has 35 heavy (non-hydrogen) atoms. The average Bonchev–Trinajstić information content (AvgIpc) is 3.12. The normalized spacial score (nSPS) is 13.4. The third kappa shape index (κ3) is 6.32. The molecule has 3 rings (SSSR count). The largest absolute Gasteiger partial charge is 0.480 e. The van der Waals surface area contributed by atoms with Crippen molar-refractivity contribution < 1.29 is 29.0 Å². The number of ether oxygens (including phenoxy) is 2. The van der Waals surface area contributed by atoms with Crippen LogP contribution in [0, 0.1) is 0 Å².